The lowest BCUT2D eigenvalue weighted by molar-refractivity contribution is 0.206. The van der Waals surface area contributed by atoms with Crippen LogP contribution in [0.5, 0.6) is 5.75 Å². The lowest BCUT2D eigenvalue weighted by Crippen LogP contribution is -2.12. The molecule has 7 heteroatoms. The third-order valence-electron chi connectivity index (χ3n) is 4.12. The summed E-state index contributed by atoms with van der Waals surface area (Å²) in [6.07, 6.45) is 2.99. The first kappa shape index (κ1) is 18.3. The van der Waals surface area contributed by atoms with Gasteiger partial charge in [0.25, 0.3) is 0 Å². The Bertz CT molecular complexity index is 964. The van der Waals surface area contributed by atoms with Gasteiger partial charge in [-0.2, -0.15) is 0 Å². The summed E-state index contributed by atoms with van der Waals surface area (Å²) in [6.45, 7) is 2.46. The van der Waals surface area contributed by atoms with Crippen molar-refractivity contribution in [2.24, 2.45) is 10.1 Å². The van der Waals surface area contributed by atoms with Crippen LogP contribution >= 0.6 is 0 Å². The fourth-order valence-electron chi connectivity index (χ4n) is 2.67. The third kappa shape index (κ3) is 4.19. The molecular weight excluding hydrogens is 352 g/mol. The molecule has 6 nitrogen and oxygen atoms in total. The van der Waals surface area contributed by atoms with Crippen LogP contribution in [0, 0.1) is 6.92 Å². The number of hydrogen-bond acceptors (Lipinski definition) is 5. The number of sulfonamides is 1. The lowest BCUT2D eigenvalue weighted by atomic mass is 9.98. The van der Waals surface area contributed by atoms with Gasteiger partial charge in [-0.15, -0.1) is 0 Å². The van der Waals surface area contributed by atoms with E-state index in [2.05, 4.69) is 4.99 Å². The van der Waals surface area contributed by atoms with E-state index in [1.807, 2.05) is 25.1 Å². The van der Waals surface area contributed by atoms with Gasteiger partial charge >= 0.3 is 0 Å². The van der Waals surface area contributed by atoms with Crippen LogP contribution in [-0.4, -0.2) is 26.3 Å². The Balaban J connectivity index is 1.60. The van der Waals surface area contributed by atoms with Crippen LogP contribution in [0.2, 0.25) is 0 Å². The van der Waals surface area contributed by atoms with Crippen molar-refractivity contribution < 1.29 is 18.3 Å². The highest BCUT2D eigenvalue weighted by molar-refractivity contribution is 7.89. The third-order valence-corrected chi connectivity index (χ3v) is 5.05. The van der Waals surface area contributed by atoms with Gasteiger partial charge in [0, 0.05) is 23.9 Å². The first-order chi connectivity index (χ1) is 12.3. The van der Waals surface area contributed by atoms with E-state index >= 15 is 0 Å². The van der Waals surface area contributed by atoms with Gasteiger partial charge in [0.05, 0.1) is 11.2 Å². The van der Waals surface area contributed by atoms with E-state index in [4.69, 9.17) is 9.88 Å². The van der Waals surface area contributed by atoms with E-state index < -0.39 is 16.1 Å². The zero-order chi connectivity index (χ0) is 18.7. The molecule has 3 rings (SSSR count). The molecule has 0 saturated carbocycles. The first-order valence-corrected chi connectivity index (χ1v) is 9.66. The number of rotatable bonds is 5. The second-order valence-corrected chi connectivity index (χ2v) is 7.72. The number of primary sulfonamides is 1. The highest BCUT2D eigenvalue weighted by Gasteiger charge is 2.21. The van der Waals surface area contributed by atoms with Crippen molar-refractivity contribution >= 4 is 16.2 Å². The molecule has 0 aromatic heterocycles. The summed E-state index contributed by atoms with van der Waals surface area (Å²) in [5.41, 5.74) is 3.32. The van der Waals surface area contributed by atoms with Crippen LogP contribution in [0.4, 0.5) is 0 Å². The molecule has 0 saturated heterocycles. The van der Waals surface area contributed by atoms with Gasteiger partial charge in [0.2, 0.25) is 10.0 Å². The number of fused-ring (bicyclic) bond motifs is 1. The molecule has 0 aliphatic carbocycles. The Hall–Kier alpha value is -2.48. The van der Waals surface area contributed by atoms with E-state index in [1.54, 1.807) is 18.3 Å². The minimum absolute atomic E-state index is 0.0892. The summed E-state index contributed by atoms with van der Waals surface area (Å²) >= 11 is 0. The first-order valence-electron chi connectivity index (χ1n) is 8.11. The van der Waals surface area contributed by atoms with Gasteiger partial charge in [0.15, 0.2) is 0 Å². The molecule has 0 amide bonds. The number of aliphatic hydroxyl groups excluding tert-OH is 1. The Morgan fingerprint density at radius 3 is 2.65 bits per heavy atom. The van der Waals surface area contributed by atoms with Gasteiger partial charge in [0.1, 0.15) is 11.9 Å². The van der Waals surface area contributed by atoms with E-state index in [9.17, 15) is 13.5 Å². The summed E-state index contributed by atoms with van der Waals surface area (Å²) in [6, 6.07) is 12.1. The van der Waals surface area contributed by atoms with Crippen molar-refractivity contribution in [2.75, 3.05) is 6.54 Å². The molecule has 0 fully saturated rings. The predicted octanol–water partition coefficient (Wildman–Crippen LogP) is 2.27. The molecule has 1 heterocycles. The maximum atomic E-state index is 11.2. The van der Waals surface area contributed by atoms with Crippen molar-refractivity contribution in [3.05, 3.63) is 71.0 Å². The average Bonchev–Trinajstić information content (AvgIpc) is 2.60. The topological polar surface area (TPSA) is 102 Å². The molecule has 26 heavy (non-hydrogen) atoms. The van der Waals surface area contributed by atoms with Crippen LogP contribution in [-0.2, 0) is 16.4 Å². The number of aryl methyl sites for hydroxylation is 1. The minimum atomic E-state index is -3.67. The molecule has 0 spiro atoms. The number of ether oxygens (including phenoxy) is 1. The maximum Gasteiger partial charge on any atom is 0.238 e. The van der Waals surface area contributed by atoms with Crippen molar-refractivity contribution in [1.29, 1.82) is 0 Å². The number of hydrogen-bond donors (Lipinski definition) is 2. The van der Waals surface area contributed by atoms with Crippen LogP contribution < -0.4 is 9.88 Å². The smallest absolute Gasteiger partial charge is 0.238 e. The SMILES string of the molecule is Cc1ccc2c(c1)C(O)C(C=NCCc1ccc(S(N)(=O)=O)cc1)=CO2. The number of nitrogens with two attached hydrogens (primary N) is 1. The molecule has 2 aromatic carbocycles. The van der Waals surface area contributed by atoms with Crippen molar-refractivity contribution in [3.8, 4) is 5.75 Å². The fraction of sp³-hybridized carbons (Fsp3) is 0.211. The maximum absolute atomic E-state index is 11.2. The largest absolute Gasteiger partial charge is 0.464 e. The Morgan fingerprint density at radius 1 is 1.23 bits per heavy atom. The highest BCUT2D eigenvalue weighted by atomic mass is 32.2. The molecule has 3 N–H and O–H groups in total. The van der Waals surface area contributed by atoms with E-state index in [0.717, 1.165) is 16.7 Å². The Morgan fingerprint density at radius 2 is 1.96 bits per heavy atom. The van der Waals surface area contributed by atoms with Crippen molar-refractivity contribution in [1.82, 2.24) is 0 Å². The monoisotopic (exact) mass is 372 g/mol. The van der Waals surface area contributed by atoms with E-state index in [0.29, 0.717) is 24.3 Å². The molecule has 1 unspecified atom stereocenters. The zero-order valence-corrected chi connectivity index (χ0v) is 15.1. The molecular formula is C19H20N2O4S. The van der Waals surface area contributed by atoms with Gasteiger partial charge in [-0.05, 0) is 43.2 Å². The quantitative estimate of drug-likeness (QED) is 0.786. The molecule has 2 aromatic rings. The number of benzene rings is 2. The number of aliphatic hydroxyl groups is 1. The standard InChI is InChI=1S/C19H20N2O4S/c1-13-2-7-18-17(10-13)19(22)15(12-25-18)11-21-9-8-14-3-5-16(6-4-14)26(20,23)24/h2-7,10-12,19,22H,8-9H2,1H3,(H2,20,23,24). The van der Waals surface area contributed by atoms with Crippen LogP contribution in [0.1, 0.15) is 22.8 Å². The number of aliphatic imine (C=N–C) groups is 1. The summed E-state index contributed by atoms with van der Waals surface area (Å²) in [5, 5.41) is 15.5. The normalized spacial score (nSPS) is 16.9. The fourth-order valence-corrected chi connectivity index (χ4v) is 3.19. The van der Waals surface area contributed by atoms with E-state index in [-0.39, 0.29) is 4.90 Å². The molecule has 0 radical (unpaired) electrons. The summed E-state index contributed by atoms with van der Waals surface area (Å²) in [4.78, 5) is 4.42. The Kier molecular flexibility index (Phi) is 5.22. The predicted molar refractivity (Wildman–Crippen MR) is 99.7 cm³/mol. The van der Waals surface area contributed by atoms with Crippen LogP contribution in [0.15, 0.2) is 64.2 Å². The van der Waals surface area contributed by atoms with Crippen LogP contribution in [0.25, 0.3) is 0 Å². The van der Waals surface area contributed by atoms with Crippen molar-refractivity contribution in [2.45, 2.75) is 24.3 Å². The molecule has 0 bridgehead atoms. The van der Waals surface area contributed by atoms with Crippen LogP contribution in [0.3, 0.4) is 0 Å². The molecule has 1 aliphatic rings. The summed E-state index contributed by atoms with van der Waals surface area (Å²) in [5.74, 6) is 0.648. The lowest BCUT2D eigenvalue weighted by Gasteiger charge is -2.21. The van der Waals surface area contributed by atoms with Gasteiger partial charge < -0.3 is 9.84 Å². The number of nitrogens with zero attached hydrogens (tertiary/aromatic N) is 1. The molecule has 1 aliphatic heterocycles. The van der Waals surface area contributed by atoms with Gasteiger partial charge in [-0.1, -0.05) is 23.8 Å². The Labute approximate surface area is 152 Å². The summed E-state index contributed by atoms with van der Waals surface area (Å²) in [7, 11) is -3.67. The summed E-state index contributed by atoms with van der Waals surface area (Å²) < 4.78 is 28.0. The molecule has 1 atom stereocenters. The second-order valence-electron chi connectivity index (χ2n) is 6.15. The van der Waals surface area contributed by atoms with Crippen molar-refractivity contribution in [3.63, 3.8) is 0 Å². The second kappa shape index (κ2) is 7.41. The minimum Gasteiger partial charge on any atom is -0.464 e. The highest BCUT2D eigenvalue weighted by Crippen LogP contribution is 2.34. The average molecular weight is 372 g/mol. The molecule has 136 valence electrons. The van der Waals surface area contributed by atoms with E-state index in [1.165, 1.54) is 18.4 Å². The van der Waals surface area contributed by atoms with Gasteiger partial charge in [-0.25, -0.2) is 13.6 Å². The zero-order valence-electron chi connectivity index (χ0n) is 14.3. The van der Waals surface area contributed by atoms with Gasteiger partial charge in [-0.3, -0.25) is 4.99 Å².